The quantitative estimate of drug-likeness (QED) is 0.813. The summed E-state index contributed by atoms with van der Waals surface area (Å²) in [5.74, 6) is 1.21. The van der Waals surface area contributed by atoms with Crippen LogP contribution in [0, 0.1) is 6.92 Å². The third-order valence-corrected chi connectivity index (χ3v) is 2.05. The summed E-state index contributed by atoms with van der Waals surface area (Å²) in [7, 11) is 5.68. The van der Waals surface area contributed by atoms with Gasteiger partial charge in [0.1, 0.15) is 0 Å². The van der Waals surface area contributed by atoms with Gasteiger partial charge in [0, 0.05) is 24.3 Å². The van der Waals surface area contributed by atoms with Crippen LogP contribution in [0.2, 0.25) is 0 Å². The maximum atomic E-state index is 5.10. The summed E-state index contributed by atoms with van der Waals surface area (Å²) >= 11 is 0. The number of likely N-dealkylation sites (N-methyl/N-ethyl adjacent to an activating group) is 1. The molecule has 1 N–H and O–H groups in total. The number of methoxy groups -OCH3 is 1. The number of ether oxygens (including phenoxy) is 1. The minimum absolute atomic E-state index is 0.293. The molecule has 1 unspecified atom stereocenters. The van der Waals surface area contributed by atoms with Gasteiger partial charge in [-0.2, -0.15) is 4.98 Å². The Labute approximate surface area is 96.8 Å². The van der Waals surface area contributed by atoms with E-state index in [1.807, 2.05) is 27.1 Å². The average Bonchev–Trinajstić information content (AvgIpc) is 2.14. The molecule has 1 aromatic rings. The summed E-state index contributed by atoms with van der Waals surface area (Å²) in [6.45, 7) is 4.95. The Kier molecular flexibility index (Phi) is 4.49. The van der Waals surface area contributed by atoms with Crippen molar-refractivity contribution in [3.8, 4) is 5.88 Å². The molecule has 16 heavy (non-hydrogen) atoms. The minimum atomic E-state index is 0.293. The lowest BCUT2D eigenvalue weighted by Gasteiger charge is -2.18. The number of rotatable bonds is 5. The van der Waals surface area contributed by atoms with Crippen LogP contribution in [-0.2, 0) is 0 Å². The average molecular weight is 224 g/mol. The van der Waals surface area contributed by atoms with Crippen LogP contribution in [0.15, 0.2) is 6.07 Å². The Morgan fingerprint density at radius 2 is 2.12 bits per heavy atom. The van der Waals surface area contributed by atoms with Gasteiger partial charge in [0.2, 0.25) is 11.8 Å². The number of hydrogen-bond donors (Lipinski definition) is 1. The highest BCUT2D eigenvalue weighted by molar-refractivity contribution is 5.31. The predicted molar refractivity (Wildman–Crippen MR) is 65.0 cm³/mol. The van der Waals surface area contributed by atoms with Gasteiger partial charge in [-0.15, -0.1) is 0 Å². The van der Waals surface area contributed by atoms with Gasteiger partial charge in [0.05, 0.1) is 7.11 Å². The predicted octanol–water partition coefficient (Wildman–Crippen LogP) is 1.16. The molecule has 0 aliphatic rings. The molecular formula is C11H20N4O. The van der Waals surface area contributed by atoms with Crippen molar-refractivity contribution in [2.24, 2.45) is 0 Å². The molecule has 1 heterocycles. The summed E-state index contributed by atoms with van der Waals surface area (Å²) in [4.78, 5) is 10.7. The summed E-state index contributed by atoms with van der Waals surface area (Å²) in [5.41, 5.74) is 0.895. The first-order valence-electron chi connectivity index (χ1n) is 5.32. The Bertz CT molecular complexity index is 341. The van der Waals surface area contributed by atoms with Crippen LogP contribution in [0.25, 0.3) is 0 Å². The minimum Gasteiger partial charge on any atom is -0.481 e. The maximum Gasteiger partial charge on any atom is 0.226 e. The van der Waals surface area contributed by atoms with Crippen LogP contribution < -0.4 is 10.1 Å². The van der Waals surface area contributed by atoms with E-state index in [0.717, 1.165) is 12.2 Å². The largest absolute Gasteiger partial charge is 0.481 e. The van der Waals surface area contributed by atoms with Gasteiger partial charge in [0.15, 0.2) is 0 Å². The van der Waals surface area contributed by atoms with E-state index in [1.165, 1.54) is 0 Å². The van der Waals surface area contributed by atoms with E-state index >= 15 is 0 Å². The molecule has 0 aliphatic carbocycles. The number of nitrogens with one attached hydrogen (secondary N) is 1. The van der Waals surface area contributed by atoms with Crippen LogP contribution >= 0.6 is 0 Å². The molecule has 0 bridgehead atoms. The van der Waals surface area contributed by atoms with Crippen molar-refractivity contribution >= 4 is 5.95 Å². The summed E-state index contributed by atoms with van der Waals surface area (Å²) < 4.78 is 5.10. The number of aryl methyl sites for hydroxylation is 1. The highest BCUT2D eigenvalue weighted by Gasteiger charge is 2.07. The fraction of sp³-hybridized carbons (Fsp3) is 0.636. The van der Waals surface area contributed by atoms with Crippen LogP contribution in [0.1, 0.15) is 12.6 Å². The van der Waals surface area contributed by atoms with E-state index in [9.17, 15) is 0 Å². The van der Waals surface area contributed by atoms with Crippen molar-refractivity contribution in [1.29, 1.82) is 0 Å². The zero-order valence-electron chi connectivity index (χ0n) is 10.6. The van der Waals surface area contributed by atoms with Gasteiger partial charge in [-0.25, -0.2) is 4.98 Å². The molecule has 0 aromatic carbocycles. The van der Waals surface area contributed by atoms with Gasteiger partial charge >= 0.3 is 0 Å². The lowest BCUT2D eigenvalue weighted by molar-refractivity contribution is 0.388. The van der Waals surface area contributed by atoms with Gasteiger partial charge in [-0.1, -0.05) is 0 Å². The molecule has 0 fully saturated rings. The monoisotopic (exact) mass is 224 g/mol. The highest BCUT2D eigenvalue weighted by Crippen LogP contribution is 2.11. The number of nitrogens with zero attached hydrogens (tertiary/aromatic N) is 3. The van der Waals surface area contributed by atoms with E-state index in [1.54, 1.807) is 7.11 Å². The second-order valence-corrected chi connectivity index (χ2v) is 4.18. The second kappa shape index (κ2) is 5.65. The Balaban J connectivity index is 2.69. The van der Waals surface area contributed by atoms with Gasteiger partial charge < -0.3 is 15.0 Å². The summed E-state index contributed by atoms with van der Waals surface area (Å²) in [6, 6.07) is 2.10. The third kappa shape index (κ3) is 4.02. The normalized spacial score (nSPS) is 12.6. The molecule has 0 amide bonds. The zero-order valence-corrected chi connectivity index (χ0v) is 10.6. The van der Waals surface area contributed by atoms with Crippen LogP contribution in [0.5, 0.6) is 5.88 Å². The molecule has 1 atom stereocenters. The van der Waals surface area contributed by atoms with Crippen molar-refractivity contribution in [1.82, 2.24) is 14.9 Å². The Hall–Kier alpha value is -1.36. The van der Waals surface area contributed by atoms with Crippen LogP contribution in [0.3, 0.4) is 0 Å². The summed E-state index contributed by atoms with van der Waals surface area (Å²) in [5, 5.41) is 3.24. The van der Waals surface area contributed by atoms with Crippen molar-refractivity contribution in [3.63, 3.8) is 0 Å². The van der Waals surface area contributed by atoms with Crippen molar-refractivity contribution < 1.29 is 4.74 Å². The van der Waals surface area contributed by atoms with Gasteiger partial charge in [-0.05, 0) is 27.9 Å². The summed E-state index contributed by atoms with van der Waals surface area (Å²) in [6.07, 6.45) is 0. The van der Waals surface area contributed by atoms with Crippen LogP contribution in [-0.4, -0.2) is 48.7 Å². The third-order valence-electron chi connectivity index (χ3n) is 2.05. The van der Waals surface area contributed by atoms with E-state index in [-0.39, 0.29) is 0 Å². The standard InChI is InChI=1S/C11H20N4O/c1-8-6-10(16-5)14-11(12-8)13-9(2)7-15(3)4/h6,9H,7H2,1-5H3,(H,12,13,14). The van der Waals surface area contributed by atoms with E-state index in [0.29, 0.717) is 17.9 Å². The molecule has 0 spiro atoms. The Morgan fingerprint density at radius 1 is 1.44 bits per heavy atom. The van der Waals surface area contributed by atoms with Gasteiger partial charge in [0.25, 0.3) is 0 Å². The molecule has 0 radical (unpaired) electrons. The smallest absolute Gasteiger partial charge is 0.226 e. The van der Waals surface area contributed by atoms with Gasteiger partial charge in [-0.3, -0.25) is 0 Å². The first-order chi connectivity index (χ1) is 7.51. The second-order valence-electron chi connectivity index (χ2n) is 4.18. The molecule has 1 rings (SSSR count). The molecule has 0 saturated carbocycles. The van der Waals surface area contributed by atoms with Crippen molar-refractivity contribution in [2.45, 2.75) is 19.9 Å². The first kappa shape index (κ1) is 12.7. The first-order valence-corrected chi connectivity index (χ1v) is 5.32. The van der Waals surface area contributed by atoms with E-state index in [4.69, 9.17) is 4.74 Å². The molecule has 0 aliphatic heterocycles. The molecule has 1 aromatic heterocycles. The van der Waals surface area contributed by atoms with E-state index in [2.05, 4.69) is 27.1 Å². The lowest BCUT2D eigenvalue weighted by atomic mass is 10.3. The molecule has 90 valence electrons. The maximum absolute atomic E-state index is 5.10. The Morgan fingerprint density at radius 3 is 2.69 bits per heavy atom. The van der Waals surface area contributed by atoms with Crippen molar-refractivity contribution in [3.05, 3.63) is 11.8 Å². The fourth-order valence-corrected chi connectivity index (χ4v) is 1.52. The zero-order chi connectivity index (χ0) is 12.1. The number of anilines is 1. The highest BCUT2D eigenvalue weighted by atomic mass is 16.5. The topological polar surface area (TPSA) is 50.3 Å². The van der Waals surface area contributed by atoms with E-state index < -0.39 is 0 Å². The SMILES string of the molecule is COc1cc(C)nc(NC(C)CN(C)C)n1. The number of hydrogen-bond acceptors (Lipinski definition) is 5. The van der Waals surface area contributed by atoms with Crippen LogP contribution in [0.4, 0.5) is 5.95 Å². The lowest BCUT2D eigenvalue weighted by Crippen LogP contribution is -2.30. The molecule has 5 heteroatoms. The number of aromatic nitrogens is 2. The van der Waals surface area contributed by atoms with Crippen molar-refractivity contribution in [2.75, 3.05) is 33.1 Å². The fourth-order valence-electron chi connectivity index (χ4n) is 1.52. The molecular weight excluding hydrogens is 204 g/mol. The molecule has 0 saturated heterocycles. The molecule has 5 nitrogen and oxygen atoms in total.